The number of halogens is 2. The van der Waals surface area contributed by atoms with E-state index in [1.165, 1.54) is 0 Å². The summed E-state index contributed by atoms with van der Waals surface area (Å²) in [7, 11) is 0. The van der Waals surface area contributed by atoms with E-state index in [4.69, 9.17) is 23.2 Å². The summed E-state index contributed by atoms with van der Waals surface area (Å²) in [4.78, 5) is 45.5. The maximum absolute atomic E-state index is 14.7. The number of carbonyl (C=O) groups is 3. The molecule has 3 aliphatic rings. The van der Waals surface area contributed by atoms with Gasteiger partial charge in [-0.3, -0.25) is 14.4 Å². The molecule has 0 unspecified atom stereocenters. The second kappa shape index (κ2) is 9.19. The molecule has 0 bridgehead atoms. The summed E-state index contributed by atoms with van der Waals surface area (Å²) in [6, 6.07) is 27.0. The molecule has 0 saturated carbocycles. The normalized spacial score (nSPS) is 23.9. The zero-order valence-corrected chi connectivity index (χ0v) is 22.6. The minimum absolute atomic E-state index is 0.257. The van der Waals surface area contributed by atoms with E-state index in [2.05, 4.69) is 5.32 Å². The molecule has 1 N–H and O–H groups in total. The van der Waals surface area contributed by atoms with E-state index in [0.29, 0.717) is 32.4 Å². The number of hydrogen-bond acceptors (Lipinski definition) is 4. The number of ketones is 2. The van der Waals surface area contributed by atoms with Crippen molar-refractivity contribution < 1.29 is 14.4 Å². The van der Waals surface area contributed by atoms with Crippen molar-refractivity contribution in [2.24, 2.45) is 5.92 Å². The third-order valence-corrected chi connectivity index (χ3v) is 8.88. The summed E-state index contributed by atoms with van der Waals surface area (Å²) in [5.41, 5.74) is 2.61. The number of para-hydroxylation sites is 1. The molecular weight excluding hydrogens is 543 g/mol. The topological polar surface area (TPSA) is 66.5 Å². The van der Waals surface area contributed by atoms with Crippen molar-refractivity contribution in [2.45, 2.75) is 17.5 Å². The summed E-state index contributed by atoms with van der Waals surface area (Å²) in [6.07, 6.45) is 3.80. The molecule has 1 amide bonds. The van der Waals surface area contributed by atoms with Gasteiger partial charge in [0.1, 0.15) is 11.5 Å². The minimum atomic E-state index is -1.37. The van der Waals surface area contributed by atoms with E-state index in [9.17, 15) is 14.4 Å². The van der Waals surface area contributed by atoms with Crippen LogP contribution < -0.4 is 5.32 Å². The lowest BCUT2D eigenvalue weighted by atomic mass is 9.62. The van der Waals surface area contributed by atoms with Crippen molar-refractivity contribution in [1.29, 1.82) is 0 Å². The zero-order chi connectivity index (χ0) is 27.6. The summed E-state index contributed by atoms with van der Waals surface area (Å²) in [5, 5.41) is 4.05. The molecule has 0 radical (unpaired) electrons. The molecule has 4 atom stereocenters. The van der Waals surface area contributed by atoms with Crippen molar-refractivity contribution in [3.05, 3.63) is 141 Å². The van der Waals surface area contributed by atoms with Gasteiger partial charge in [0.15, 0.2) is 11.6 Å². The Bertz CT molecular complexity index is 1730. The first kappa shape index (κ1) is 24.8. The molecule has 196 valence electrons. The molecule has 7 heteroatoms. The number of nitrogens with zero attached hydrogens (tertiary/aromatic N) is 1. The predicted molar refractivity (Wildman–Crippen MR) is 156 cm³/mol. The van der Waals surface area contributed by atoms with Crippen LogP contribution in [0, 0.1) is 5.92 Å². The molecule has 3 heterocycles. The van der Waals surface area contributed by atoms with Gasteiger partial charge in [-0.2, -0.15) is 0 Å². The van der Waals surface area contributed by atoms with Crippen LogP contribution in [0.3, 0.4) is 0 Å². The third kappa shape index (κ3) is 3.44. The van der Waals surface area contributed by atoms with Crippen LogP contribution in [0.25, 0.3) is 6.08 Å². The van der Waals surface area contributed by atoms with E-state index < -0.39 is 23.4 Å². The van der Waals surface area contributed by atoms with Gasteiger partial charge < -0.3 is 10.2 Å². The molecule has 40 heavy (non-hydrogen) atoms. The number of fused-ring (bicyclic) bond motifs is 6. The van der Waals surface area contributed by atoms with Crippen molar-refractivity contribution in [1.82, 2.24) is 4.90 Å². The smallest absolute Gasteiger partial charge is 0.238 e. The van der Waals surface area contributed by atoms with E-state index in [1.54, 1.807) is 48.5 Å². The highest BCUT2D eigenvalue weighted by atomic mass is 35.5. The van der Waals surface area contributed by atoms with E-state index in [0.717, 1.165) is 11.1 Å². The summed E-state index contributed by atoms with van der Waals surface area (Å²) < 4.78 is 0. The highest BCUT2D eigenvalue weighted by Crippen LogP contribution is 2.62. The van der Waals surface area contributed by atoms with E-state index in [-0.39, 0.29) is 17.5 Å². The monoisotopic (exact) mass is 564 g/mol. The second-order valence-corrected chi connectivity index (χ2v) is 11.2. The molecule has 4 aromatic rings. The fraction of sp³-hybridized carbons (Fsp3) is 0.121. The fourth-order valence-corrected chi connectivity index (χ4v) is 7.00. The van der Waals surface area contributed by atoms with Gasteiger partial charge in [0.2, 0.25) is 5.91 Å². The Morgan fingerprint density at radius 2 is 1.35 bits per heavy atom. The van der Waals surface area contributed by atoms with Gasteiger partial charge in [0, 0.05) is 33.1 Å². The lowest BCUT2D eigenvalue weighted by Gasteiger charge is -2.38. The van der Waals surface area contributed by atoms with E-state index >= 15 is 0 Å². The van der Waals surface area contributed by atoms with Gasteiger partial charge in [-0.1, -0.05) is 65.7 Å². The fourth-order valence-electron chi connectivity index (χ4n) is 6.75. The standard InChI is InChI=1S/C33H22Cl2N2O3/c34-22-13-9-20(10-14-22)29(38)27-28(30(39)21-11-15-23(35)16-12-21)37-18-17-19-5-1-2-6-24(19)31(37)33(27)25-7-3-4-8-26(25)36-32(33)40/h1-18,27-28,31H,(H,36,40)/t27-,28+,31-,33+/m1/s1. The first-order valence-corrected chi connectivity index (χ1v) is 13.7. The third-order valence-electron chi connectivity index (χ3n) is 8.38. The highest BCUT2D eigenvalue weighted by molar-refractivity contribution is 6.31. The molecular formula is C33H22Cl2N2O3. The van der Waals surface area contributed by atoms with Crippen LogP contribution in [-0.4, -0.2) is 28.4 Å². The average Bonchev–Trinajstić information content (AvgIpc) is 3.45. The van der Waals surface area contributed by atoms with Gasteiger partial charge >= 0.3 is 0 Å². The van der Waals surface area contributed by atoms with Gasteiger partial charge in [-0.05, 0) is 77.4 Å². The maximum atomic E-state index is 14.7. The Morgan fingerprint density at radius 3 is 2.05 bits per heavy atom. The number of carbonyl (C=O) groups excluding carboxylic acids is 3. The number of rotatable bonds is 4. The summed E-state index contributed by atoms with van der Waals surface area (Å²) in [6.45, 7) is 0. The van der Waals surface area contributed by atoms with Crippen molar-refractivity contribution in [3.8, 4) is 0 Å². The summed E-state index contributed by atoms with van der Waals surface area (Å²) in [5.74, 6) is -1.89. The first-order chi connectivity index (χ1) is 19.4. The second-order valence-electron chi connectivity index (χ2n) is 10.3. The number of anilines is 1. The molecule has 0 aliphatic carbocycles. The Hall–Kier alpha value is -4.19. The van der Waals surface area contributed by atoms with Crippen LogP contribution in [0.2, 0.25) is 10.0 Å². The lowest BCUT2D eigenvalue weighted by molar-refractivity contribution is -0.122. The molecule has 1 fully saturated rings. The van der Waals surface area contributed by atoms with Crippen LogP contribution in [-0.2, 0) is 10.2 Å². The molecule has 1 saturated heterocycles. The SMILES string of the molecule is O=C(c1ccc(Cl)cc1)[C@@H]1[C@H](C(=O)c2ccc(Cl)cc2)[C@]2(C(=O)Nc3ccccc32)[C@H]2c3ccccc3C=CN12. The number of benzene rings is 4. The lowest BCUT2D eigenvalue weighted by Crippen LogP contribution is -2.49. The summed E-state index contributed by atoms with van der Waals surface area (Å²) >= 11 is 12.3. The Labute approximate surface area is 241 Å². The quantitative estimate of drug-likeness (QED) is 0.272. The largest absolute Gasteiger partial charge is 0.358 e. The van der Waals surface area contributed by atoms with Crippen LogP contribution in [0.5, 0.6) is 0 Å². The van der Waals surface area contributed by atoms with Crippen LogP contribution in [0.15, 0.2) is 103 Å². The minimum Gasteiger partial charge on any atom is -0.358 e. The van der Waals surface area contributed by atoms with Crippen molar-refractivity contribution >= 4 is 52.4 Å². The molecule has 5 nitrogen and oxygen atoms in total. The Balaban J connectivity index is 1.53. The van der Waals surface area contributed by atoms with Gasteiger partial charge in [-0.25, -0.2) is 0 Å². The number of nitrogens with one attached hydrogen (secondary N) is 1. The van der Waals surface area contributed by atoms with Crippen molar-refractivity contribution in [2.75, 3.05) is 5.32 Å². The molecule has 1 spiro atoms. The van der Waals surface area contributed by atoms with Crippen LogP contribution in [0.4, 0.5) is 5.69 Å². The van der Waals surface area contributed by atoms with Gasteiger partial charge in [0.05, 0.1) is 12.0 Å². The Morgan fingerprint density at radius 1 is 0.750 bits per heavy atom. The zero-order valence-electron chi connectivity index (χ0n) is 21.1. The van der Waals surface area contributed by atoms with E-state index in [1.807, 2.05) is 65.7 Å². The van der Waals surface area contributed by atoms with Crippen LogP contribution in [0.1, 0.15) is 43.4 Å². The highest BCUT2D eigenvalue weighted by Gasteiger charge is 2.70. The van der Waals surface area contributed by atoms with Gasteiger partial charge in [-0.15, -0.1) is 0 Å². The Kier molecular flexibility index (Phi) is 5.70. The maximum Gasteiger partial charge on any atom is 0.238 e. The van der Waals surface area contributed by atoms with Crippen LogP contribution >= 0.6 is 23.2 Å². The average molecular weight is 565 g/mol. The molecule has 4 aromatic carbocycles. The van der Waals surface area contributed by atoms with Gasteiger partial charge in [0.25, 0.3) is 0 Å². The molecule has 0 aromatic heterocycles. The number of Topliss-reactive ketones (excluding diaryl/α,β-unsaturated/α-hetero) is 2. The molecule has 3 aliphatic heterocycles. The number of amides is 1. The number of hydrogen-bond donors (Lipinski definition) is 1. The predicted octanol–water partition coefficient (Wildman–Crippen LogP) is 6.98. The first-order valence-electron chi connectivity index (χ1n) is 13.0. The molecule has 7 rings (SSSR count). The van der Waals surface area contributed by atoms with Crippen molar-refractivity contribution in [3.63, 3.8) is 0 Å².